The van der Waals surface area contributed by atoms with Gasteiger partial charge >= 0.3 is 0 Å². The van der Waals surface area contributed by atoms with E-state index in [1.54, 1.807) is 4.90 Å². The average molecular weight is 567 g/mol. The highest BCUT2D eigenvalue weighted by Crippen LogP contribution is 2.25. The zero-order chi connectivity index (χ0) is 29.1. The monoisotopic (exact) mass is 566 g/mol. The molecule has 0 aromatic carbocycles. The average Bonchev–Trinajstić information content (AvgIpc) is 3.31. The fourth-order valence-electron chi connectivity index (χ4n) is 5.43. The number of hydrogen-bond acceptors (Lipinski definition) is 8. The molecule has 3 aliphatic heterocycles. The highest BCUT2D eigenvalue weighted by molar-refractivity contribution is 5.89. The molecule has 0 aromatic heterocycles. The van der Waals surface area contributed by atoms with Crippen LogP contribution in [0.1, 0.15) is 59.3 Å². The Morgan fingerprint density at radius 1 is 0.975 bits per heavy atom. The zero-order valence-corrected chi connectivity index (χ0v) is 24.8. The van der Waals surface area contributed by atoms with Crippen LogP contribution < -0.4 is 21.3 Å². The van der Waals surface area contributed by atoms with Gasteiger partial charge in [0.05, 0.1) is 25.9 Å². The van der Waals surface area contributed by atoms with E-state index in [0.29, 0.717) is 52.0 Å². The van der Waals surface area contributed by atoms with E-state index in [0.717, 1.165) is 25.9 Å². The molecule has 12 nitrogen and oxygen atoms in total. The Labute approximate surface area is 238 Å². The lowest BCUT2D eigenvalue weighted by molar-refractivity contribution is -0.139. The Bertz CT molecular complexity index is 857. The standard InChI is InChI=1S/C28H50N6O6/c1-28(2,3)17-25(36)34-18-21-16-23(34)27(38)29-9-5-6-22(31-20-7-11-33(4)12-8-20)26(37)30-10-13-39-14-15-40-19-24(35)32-21/h20-23,31H,5-19H2,1-4H3,(H,29,38)(H,30,37)(H,32,35)/t21-,22+,23-/m1/s1. The summed E-state index contributed by atoms with van der Waals surface area (Å²) in [5.41, 5.74) is -0.227. The second-order valence-electron chi connectivity index (χ2n) is 12.5. The number of ether oxygens (including phenoxy) is 2. The van der Waals surface area contributed by atoms with Crippen LogP contribution in [-0.4, -0.2) is 124 Å². The summed E-state index contributed by atoms with van der Waals surface area (Å²) in [6.45, 7) is 9.76. The quantitative estimate of drug-likeness (QED) is 0.362. The molecule has 3 aliphatic rings. The van der Waals surface area contributed by atoms with Gasteiger partial charge in [0.2, 0.25) is 23.6 Å². The highest BCUT2D eigenvalue weighted by Gasteiger charge is 2.40. The van der Waals surface area contributed by atoms with E-state index < -0.39 is 6.04 Å². The van der Waals surface area contributed by atoms with Crippen LogP contribution in [0.25, 0.3) is 0 Å². The van der Waals surface area contributed by atoms with Crippen molar-refractivity contribution in [1.82, 2.24) is 31.1 Å². The van der Waals surface area contributed by atoms with E-state index in [1.165, 1.54) is 0 Å². The molecule has 4 amide bonds. The lowest BCUT2D eigenvalue weighted by Gasteiger charge is -2.32. The third-order valence-electron chi connectivity index (χ3n) is 7.56. The molecular formula is C28H50N6O6. The number of fused-ring (bicyclic) bond motifs is 2. The number of hydrogen-bond donors (Lipinski definition) is 4. The third kappa shape index (κ3) is 10.9. The molecule has 228 valence electrons. The van der Waals surface area contributed by atoms with Gasteiger partial charge in [-0.05, 0) is 57.7 Å². The van der Waals surface area contributed by atoms with Crippen LogP contribution in [0.3, 0.4) is 0 Å². The van der Waals surface area contributed by atoms with E-state index in [2.05, 4.69) is 33.2 Å². The SMILES string of the molecule is CN1CCC(N[C@H]2CCCNC(=O)[C@H]3C[C@H](CN3C(=O)CC(C)(C)C)NC(=O)COCCOCCNC2=O)CC1. The Morgan fingerprint density at radius 2 is 1.68 bits per heavy atom. The lowest BCUT2D eigenvalue weighted by atomic mass is 9.91. The zero-order valence-electron chi connectivity index (χ0n) is 24.8. The third-order valence-corrected chi connectivity index (χ3v) is 7.56. The summed E-state index contributed by atoms with van der Waals surface area (Å²) in [6, 6.07) is -1.08. The van der Waals surface area contributed by atoms with Crippen LogP contribution in [0.5, 0.6) is 0 Å². The van der Waals surface area contributed by atoms with Gasteiger partial charge in [-0.1, -0.05) is 20.8 Å². The molecule has 3 heterocycles. The first-order valence-corrected chi connectivity index (χ1v) is 14.8. The fourth-order valence-corrected chi connectivity index (χ4v) is 5.43. The molecule has 40 heavy (non-hydrogen) atoms. The lowest BCUT2D eigenvalue weighted by Crippen LogP contribution is -2.52. The number of rotatable bonds is 3. The molecule has 3 fully saturated rings. The Morgan fingerprint density at radius 3 is 2.40 bits per heavy atom. The largest absolute Gasteiger partial charge is 0.377 e. The summed E-state index contributed by atoms with van der Waals surface area (Å²) in [4.78, 5) is 55.7. The predicted molar refractivity (Wildman–Crippen MR) is 150 cm³/mol. The molecular weight excluding hydrogens is 516 g/mol. The van der Waals surface area contributed by atoms with Crippen molar-refractivity contribution in [2.75, 3.05) is 66.2 Å². The summed E-state index contributed by atoms with van der Waals surface area (Å²) < 4.78 is 11.0. The van der Waals surface area contributed by atoms with Gasteiger partial charge < -0.3 is 40.5 Å². The van der Waals surface area contributed by atoms with Gasteiger partial charge in [-0.2, -0.15) is 0 Å². The van der Waals surface area contributed by atoms with Gasteiger partial charge in [0, 0.05) is 38.1 Å². The number of carbonyl (C=O) groups excluding carboxylic acids is 4. The Balaban J connectivity index is 1.65. The van der Waals surface area contributed by atoms with Crippen LogP contribution in [0.2, 0.25) is 0 Å². The molecule has 0 aliphatic carbocycles. The number of likely N-dealkylation sites (tertiary alicyclic amines) is 2. The molecule has 0 aromatic rings. The molecule has 0 radical (unpaired) electrons. The van der Waals surface area contributed by atoms with Crippen molar-refractivity contribution in [3.05, 3.63) is 0 Å². The number of amides is 4. The first kappa shape index (κ1) is 32.2. The van der Waals surface area contributed by atoms with Crippen LogP contribution in [0.15, 0.2) is 0 Å². The van der Waals surface area contributed by atoms with Gasteiger partial charge in [-0.15, -0.1) is 0 Å². The fraction of sp³-hybridized carbons (Fsp3) is 0.857. The molecule has 3 atom stereocenters. The Kier molecular flexibility index (Phi) is 12.6. The molecule has 3 rings (SSSR count). The van der Waals surface area contributed by atoms with E-state index >= 15 is 0 Å². The van der Waals surface area contributed by atoms with Crippen molar-refractivity contribution in [3.8, 4) is 0 Å². The van der Waals surface area contributed by atoms with Gasteiger partial charge in [-0.3, -0.25) is 19.2 Å². The summed E-state index contributed by atoms with van der Waals surface area (Å²) in [7, 11) is 2.11. The molecule has 0 saturated carbocycles. The highest BCUT2D eigenvalue weighted by atomic mass is 16.5. The van der Waals surface area contributed by atoms with E-state index in [1.807, 2.05) is 20.8 Å². The number of nitrogens with zero attached hydrogens (tertiary/aromatic N) is 2. The molecule has 0 unspecified atom stereocenters. The summed E-state index contributed by atoms with van der Waals surface area (Å²) in [5, 5.41) is 12.4. The first-order chi connectivity index (χ1) is 19.0. The van der Waals surface area contributed by atoms with E-state index in [9.17, 15) is 19.2 Å². The van der Waals surface area contributed by atoms with E-state index in [-0.39, 0.29) is 66.9 Å². The minimum atomic E-state index is -0.656. The number of carbonyl (C=O) groups is 4. The molecule has 4 N–H and O–H groups in total. The summed E-state index contributed by atoms with van der Waals surface area (Å²) in [5.74, 6) is -0.700. The van der Waals surface area contributed by atoms with Crippen molar-refractivity contribution in [1.29, 1.82) is 0 Å². The van der Waals surface area contributed by atoms with Crippen molar-refractivity contribution in [3.63, 3.8) is 0 Å². The summed E-state index contributed by atoms with van der Waals surface area (Å²) in [6.07, 6.45) is 3.80. The number of piperidine rings is 1. The van der Waals surface area contributed by atoms with Gasteiger partial charge in [0.1, 0.15) is 12.6 Å². The van der Waals surface area contributed by atoms with E-state index in [4.69, 9.17) is 9.47 Å². The van der Waals surface area contributed by atoms with Crippen molar-refractivity contribution >= 4 is 23.6 Å². The molecule has 12 heteroatoms. The first-order valence-electron chi connectivity index (χ1n) is 14.8. The smallest absolute Gasteiger partial charge is 0.246 e. The topological polar surface area (TPSA) is 141 Å². The minimum absolute atomic E-state index is 0.0752. The van der Waals surface area contributed by atoms with Crippen molar-refractivity contribution < 1.29 is 28.7 Å². The van der Waals surface area contributed by atoms with Crippen LogP contribution in [-0.2, 0) is 28.7 Å². The molecule has 2 bridgehead atoms. The maximum absolute atomic E-state index is 13.2. The second-order valence-corrected chi connectivity index (χ2v) is 12.5. The summed E-state index contributed by atoms with van der Waals surface area (Å²) >= 11 is 0. The maximum atomic E-state index is 13.2. The van der Waals surface area contributed by atoms with Crippen LogP contribution >= 0.6 is 0 Å². The Hall–Kier alpha value is -2.28. The second kappa shape index (κ2) is 15.6. The molecule has 0 spiro atoms. The van der Waals surface area contributed by atoms with Crippen LogP contribution in [0, 0.1) is 5.41 Å². The molecule has 3 saturated heterocycles. The normalized spacial score (nSPS) is 27.9. The van der Waals surface area contributed by atoms with Crippen LogP contribution in [0.4, 0.5) is 0 Å². The van der Waals surface area contributed by atoms with Gasteiger partial charge in [-0.25, -0.2) is 0 Å². The minimum Gasteiger partial charge on any atom is -0.377 e. The maximum Gasteiger partial charge on any atom is 0.246 e. The number of nitrogens with one attached hydrogen (secondary N) is 4. The van der Waals surface area contributed by atoms with Crippen molar-refractivity contribution in [2.45, 2.75) is 83.5 Å². The van der Waals surface area contributed by atoms with Crippen molar-refractivity contribution in [2.24, 2.45) is 5.41 Å². The van der Waals surface area contributed by atoms with Gasteiger partial charge in [0.15, 0.2) is 0 Å². The van der Waals surface area contributed by atoms with Gasteiger partial charge in [0.25, 0.3) is 0 Å². The predicted octanol–water partition coefficient (Wildman–Crippen LogP) is -0.380.